The van der Waals surface area contributed by atoms with Crippen LogP contribution < -0.4 is 10.3 Å². The first-order valence-electron chi connectivity index (χ1n) is 7.93. The number of rotatable bonds is 4. The van der Waals surface area contributed by atoms with E-state index in [4.69, 9.17) is 0 Å². The van der Waals surface area contributed by atoms with Crippen LogP contribution in [-0.2, 0) is 4.79 Å². The van der Waals surface area contributed by atoms with Gasteiger partial charge in [0.25, 0.3) is 0 Å². The van der Waals surface area contributed by atoms with Crippen molar-refractivity contribution in [2.75, 3.05) is 18.0 Å². The van der Waals surface area contributed by atoms with Crippen molar-refractivity contribution in [2.24, 2.45) is 11.0 Å². The fraction of sp³-hybridized carbons (Fsp3) is 0.529. The van der Waals surface area contributed by atoms with Crippen LogP contribution in [0.2, 0.25) is 0 Å². The minimum atomic E-state index is 0.0549. The average Bonchev–Trinajstić information content (AvgIpc) is 3.38. The van der Waals surface area contributed by atoms with Crippen LogP contribution in [0.25, 0.3) is 0 Å². The van der Waals surface area contributed by atoms with Crippen molar-refractivity contribution in [2.45, 2.75) is 39.0 Å². The number of hydrogen-bond acceptors (Lipinski definition) is 3. The van der Waals surface area contributed by atoms with Gasteiger partial charge in [0.05, 0.1) is 5.71 Å². The van der Waals surface area contributed by atoms with Gasteiger partial charge in [-0.15, -0.1) is 0 Å². The number of amides is 1. The number of carbonyl (C=O) groups is 1. The van der Waals surface area contributed by atoms with E-state index in [1.807, 2.05) is 6.92 Å². The van der Waals surface area contributed by atoms with Gasteiger partial charge in [0.1, 0.15) is 0 Å². The van der Waals surface area contributed by atoms with Gasteiger partial charge in [-0.3, -0.25) is 4.79 Å². The fourth-order valence-corrected chi connectivity index (χ4v) is 2.71. The summed E-state index contributed by atoms with van der Waals surface area (Å²) in [5.74, 6) is 0.252. The average molecular weight is 285 g/mol. The van der Waals surface area contributed by atoms with Gasteiger partial charge in [-0.2, -0.15) is 5.10 Å². The first kappa shape index (κ1) is 14.1. The van der Waals surface area contributed by atoms with Gasteiger partial charge in [0, 0.05) is 24.7 Å². The molecule has 4 nitrogen and oxygen atoms in total. The molecule has 0 radical (unpaired) electrons. The molecule has 0 aromatic heterocycles. The Morgan fingerprint density at radius 2 is 1.81 bits per heavy atom. The molecule has 1 amide bonds. The molecule has 1 aliphatic carbocycles. The zero-order chi connectivity index (χ0) is 14.7. The quantitative estimate of drug-likeness (QED) is 0.683. The number of carbonyl (C=O) groups excluding carboxylic acids is 1. The summed E-state index contributed by atoms with van der Waals surface area (Å²) in [4.78, 5) is 14.0. The number of hydrazone groups is 1. The van der Waals surface area contributed by atoms with Gasteiger partial charge in [0.2, 0.25) is 5.91 Å². The first-order valence-corrected chi connectivity index (χ1v) is 7.93. The van der Waals surface area contributed by atoms with Crippen LogP contribution in [0.1, 0.15) is 44.6 Å². The van der Waals surface area contributed by atoms with Crippen LogP contribution in [0.4, 0.5) is 5.69 Å². The highest BCUT2D eigenvalue weighted by molar-refractivity contribution is 5.99. The van der Waals surface area contributed by atoms with E-state index in [1.165, 1.54) is 24.9 Å². The SMILES string of the molecule is C/C(=N/NC(=O)C1CC1)c1ccc(N2CCCCC2)cc1. The molecule has 3 rings (SSSR count). The van der Waals surface area contributed by atoms with Gasteiger partial charge in [-0.1, -0.05) is 12.1 Å². The lowest BCUT2D eigenvalue weighted by Crippen LogP contribution is -2.29. The maximum atomic E-state index is 11.6. The standard InChI is InChI=1S/C17H23N3O/c1-13(18-19-17(21)15-5-6-15)14-7-9-16(10-8-14)20-11-3-2-4-12-20/h7-10,15H,2-6,11-12H2,1H3,(H,19,21)/b18-13-. The van der Waals surface area contributed by atoms with E-state index in [0.717, 1.165) is 37.2 Å². The van der Waals surface area contributed by atoms with Gasteiger partial charge in [0.15, 0.2) is 0 Å². The van der Waals surface area contributed by atoms with Gasteiger partial charge >= 0.3 is 0 Å². The highest BCUT2D eigenvalue weighted by Gasteiger charge is 2.29. The number of piperidine rings is 1. The van der Waals surface area contributed by atoms with E-state index in [2.05, 4.69) is 39.7 Å². The Morgan fingerprint density at radius 3 is 2.43 bits per heavy atom. The molecule has 1 saturated carbocycles. The molecular weight excluding hydrogens is 262 g/mol. The van der Waals surface area contributed by atoms with E-state index in [1.54, 1.807) is 0 Å². The number of anilines is 1. The maximum absolute atomic E-state index is 11.6. The van der Waals surface area contributed by atoms with Crippen LogP contribution >= 0.6 is 0 Å². The van der Waals surface area contributed by atoms with Crippen molar-refractivity contribution in [1.29, 1.82) is 0 Å². The van der Waals surface area contributed by atoms with Crippen molar-refractivity contribution >= 4 is 17.3 Å². The minimum absolute atomic E-state index is 0.0549. The van der Waals surface area contributed by atoms with Crippen molar-refractivity contribution in [3.05, 3.63) is 29.8 Å². The van der Waals surface area contributed by atoms with E-state index >= 15 is 0 Å². The highest BCUT2D eigenvalue weighted by Crippen LogP contribution is 2.28. The third-order valence-electron chi connectivity index (χ3n) is 4.29. The van der Waals surface area contributed by atoms with Gasteiger partial charge < -0.3 is 4.90 Å². The van der Waals surface area contributed by atoms with Crippen LogP contribution in [0, 0.1) is 5.92 Å². The van der Waals surface area contributed by atoms with Crippen molar-refractivity contribution in [1.82, 2.24) is 5.43 Å². The Kier molecular flexibility index (Phi) is 4.23. The summed E-state index contributed by atoms with van der Waals surface area (Å²) >= 11 is 0. The number of benzene rings is 1. The lowest BCUT2D eigenvalue weighted by Gasteiger charge is -2.28. The Labute approximate surface area is 126 Å². The van der Waals surface area contributed by atoms with E-state index < -0.39 is 0 Å². The number of nitrogens with zero attached hydrogens (tertiary/aromatic N) is 2. The van der Waals surface area contributed by atoms with Crippen LogP contribution in [-0.4, -0.2) is 24.7 Å². The summed E-state index contributed by atoms with van der Waals surface area (Å²) in [6.45, 7) is 4.25. The zero-order valence-corrected chi connectivity index (χ0v) is 12.6. The molecule has 0 spiro atoms. The van der Waals surface area contributed by atoms with Crippen LogP contribution in [0.3, 0.4) is 0 Å². The van der Waals surface area contributed by atoms with Crippen molar-refractivity contribution < 1.29 is 4.79 Å². The first-order chi connectivity index (χ1) is 10.2. The summed E-state index contributed by atoms with van der Waals surface area (Å²) < 4.78 is 0. The molecule has 1 aliphatic heterocycles. The normalized spacial score (nSPS) is 19.5. The molecule has 0 atom stereocenters. The topological polar surface area (TPSA) is 44.7 Å². The lowest BCUT2D eigenvalue weighted by molar-refractivity contribution is -0.122. The third-order valence-corrected chi connectivity index (χ3v) is 4.29. The van der Waals surface area contributed by atoms with E-state index in [-0.39, 0.29) is 11.8 Å². The Bertz CT molecular complexity index is 525. The number of nitrogens with one attached hydrogen (secondary N) is 1. The summed E-state index contributed by atoms with van der Waals surface area (Å²) in [5, 5.41) is 4.20. The second kappa shape index (κ2) is 6.29. The van der Waals surface area contributed by atoms with Crippen molar-refractivity contribution in [3.8, 4) is 0 Å². The predicted octanol–water partition coefficient (Wildman–Crippen LogP) is 2.93. The second-order valence-corrected chi connectivity index (χ2v) is 6.04. The molecule has 112 valence electrons. The summed E-state index contributed by atoms with van der Waals surface area (Å²) in [7, 11) is 0. The predicted molar refractivity (Wildman–Crippen MR) is 85.6 cm³/mol. The molecule has 2 fully saturated rings. The van der Waals surface area contributed by atoms with Crippen LogP contribution in [0.15, 0.2) is 29.4 Å². The lowest BCUT2D eigenvalue weighted by atomic mass is 10.1. The monoisotopic (exact) mass is 285 g/mol. The summed E-state index contributed by atoms with van der Waals surface area (Å²) in [6, 6.07) is 8.49. The highest BCUT2D eigenvalue weighted by atomic mass is 16.2. The molecule has 1 N–H and O–H groups in total. The molecule has 4 heteroatoms. The van der Waals surface area contributed by atoms with Gasteiger partial charge in [-0.25, -0.2) is 5.43 Å². The van der Waals surface area contributed by atoms with Gasteiger partial charge in [-0.05, 0) is 56.7 Å². The summed E-state index contributed by atoms with van der Waals surface area (Å²) in [6.07, 6.45) is 5.93. The molecule has 21 heavy (non-hydrogen) atoms. The largest absolute Gasteiger partial charge is 0.372 e. The van der Waals surface area contributed by atoms with E-state index in [0.29, 0.717) is 0 Å². The molecular formula is C17H23N3O. The smallest absolute Gasteiger partial charge is 0.243 e. The van der Waals surface area contributed by atoms with E-state index in [9.17, 15) is 4.79 Å². The Hall–Kier alpha value is -1.84. The third kappa shape index (κ3) is 3.63. The molecule has 1 aromatic rings. The molecule has 1 aromatic carbocycles. The second-order valence-electron chi connectivity index (χ2n) is 6.04. The Balaban J connectivity index is 1.62. The molecule has 1 heterocycles. The fourth-order valence-electron chi connectivity index (χ4n) is 2.71. The van der Waals surface area contributed by atoms with Crippen molar-refractivity contribution in [3.63, 3.8) is 0 Å². The van der Waals surface area contributed by atoms with Crippen LogP contribution in [0.5, 0.6) is 0 Å². The molecule has 2 aliphatic rings. The Morgan fingerprint density at radius 1 is 1.14 bits per heavy atom. The molecule has 0 bridgehead atoms. The molecule has 1 saturated heterocycles. The maximum Gasteiger partial charge on any atom is 0.243 e. The zero-order valence-electron chi connectivity index (χ0n) is 12.6. The number of hydrogen-bond donors (Lipinski definition) is 1. The minimum Gasteiger partial charge on any atom is -0.372 e. The molecule has 0 unspecified atom stereocenters. The summed E-state index contributed by atoms with van der Waals surface area (Å²) in [5.41, 5.74) is 5.86.